The summed E-state index contributed by atoms with van der Waals surface area (Å²) in [6, 6.07) is 15.0. The molecular weight excluding hydrogens is 316 g/mol. The number of ether oxygens (including phenoxy) is 1. The third-order valence-corrected chi connectivity index (χ3v) is 4.64. The van der Waals surface area contributed by atoms with Crippen LogP contribution in [-0.2, 0) is 9.53 Å². The van der Waals surface area contributed by atoms with Gasteiger partial charge in [-0.15, -0.1) is 0 Å². The van der Waals surface area contributed by atoms with Crippen LogP contribution in [0.3, 0.4) is 0 Å². The topological polar surface area (TPSA) is 67.4 Å². The van der Waals surface area contributed by atoms with Crippen molar-refractivity contribution in [1.29, 1.82) is 0 Å². The summed E-state index contributed by atoms with van der Waals surface area (Å²) in [5, 5.41) is 6.28. The average molecular weight is 338 g/mol. The van der Waals surface area contributed by atoms with E-state index in [2.05, 4.69) is 22.8 Å². The molecule has 5 nitrogen and oxygen atoms in total. The van der Waals surface area contributed by atoms with Crippen LogP contribution in [0.25, 0.3) is 0 Å². The normalized spacial score (nSPS) is 19.4. The molecule has 0 aromatic heterocycles. The SMILES string of the molecule is COC(=O)c1ccc(NC(=O)[C@H]2NCC[C@H]2c2ccccc2)c(C)c1. The lowest BCUT2D eigenvalue weighted by molar-refractivity contribution is -0.118. The number of esters is 1. The molecule has 1 aliphatic heterocycles. The Balaban J connectivity index is 1.74. The van der Waals surface area contributed by atoms with E-state index in [1.807, 2.05) is 25.1 Å². The van der Waals surface area contributed by atoms with Gasteiger partial charge in [-0.25, -0.2) is 4.79 Å². The Hall–Kier alpha value is -2.66. The van der Waals surface area contributed by atoms with E-state index >= 15 is 0 Å². The maximum Gasteiger partial charge on any atom is 0.337 e. The second-order valence-corrected chi connectivity index (χ2v) is 6.25. The van der Waals surface area contributed by atoms with Gasteiger partial charge in [0, 0.05) is 11.6 Å². The molecule has 1 fully saturated rings. The van der Waals surface area contributed by atoms with Crippen LogP contribution in [0.2, 0.25) is 0 Å². The number of anilines is 1. The number of nitrogens with one attached hydrogen (secondary N) is 2. The molecule has 1 heterocycles. The van der Waals surface area contributed by atoms with Gasteiger partial charge in [-0.3, -0.25) is 4.79 Å². The molecule has 130 valence electrons. The van der Waals surface area contributed by atoms with Crippen molar-refractivity contribution in [1.82, 2.24) is 5.32 Å². The van der Waals surface area contributed by atoms with E-state index in [-0.39, 0.29) is 23.8 Å². The van der Waals surface area contributed by atoms with Crippen molar-refractivity contribution in [3.8, 4) is 0 Å². The number of hydrogen-bond acceptors (Lipinski definition) is 4. The van der Waals surface area contributed by atoms with Crippen molar-refractivity contribution in [2.24, 2.45) is 0 Å². The summed E-state index contributed by atoms with van der Waals surface area (Å²) in [7, 11) is 1.35. The molecule has 0 unspecified atom stereocenters. The van der Waals surface area contributed by atoms with Gasteiger partial charge >= 0.3 is 5.97 Å². The maximum atomic E-state index is 12.8. The number of amides is 1. The summed E-state index contributed by atoms with van der Waals surface area (Å²) in [6.07, 6.45) is 0.933. The zero-order valence-corrected chi connectivity index (χ0v) is 14.4. The first-order chi connectivity index (χ1) is 12.1. The highest BCUT2D eigenvalue weighted by atomic mass is 16.5. The fourth-order valence-electron chi connectivity index (χ4n) is 3.30. The molecular formula is C20H22N2O3. The van der Waals surface area contributed by atoms with E-state index < -0.39 is 0 Å². The number of methoxy groups -OCH3 is 1. The van der Waals surface area contributed by atoms with Crippen molar-refractivity contribution in [3.63, 3.8) is 0 Å². The highest BCUT2D eigenvalue weighted by Crippen LogP contribution is 2.28. The van der Waals surface area contributed by atoms with Gasteiger partial charge in [-0.2, -0.15) is 0 Å². The average Bonchev–Trinajstić information content (AvgIpc) is 3.13. The minimum absolute atomic E-state index is 0.0553. The zero-order chi connectivity index (χ0) is 17.8. The largest absolute Gasteiger partial charge is 0.465 e. The summed E-state index contributed by atoms with van der Waals surface area (Å²) >= 11 is 0. The van der Waals surface area contributed by atoms with Gasteiger partial charge in [0.25, 0.3) is 0 Å². The molecule has 0 radical (unpaired) electrons. The van der Waals surface area contributed by atoms with Gasteiger partial charge in [0.15, 0.2) is 0 Å². The van der Waals surface area contributed by atoms with E-state index in [9.17, 15) is 9.59 Å². The lowest BCUT2D eigenvalue weighted by atomic mass is 9.91. The van der Waals surface area contributed by atoms with Crippen LogP contribution in [-0.4, -0.2) is 31.6 Å². The van der Waals surface area contributed by atoms with Crippen LogP contribution in [0.4, 0.5) is 5.69 Å². The van der Waals surface area contributed by atoms with Gasteiger partial charge in [0.1, 0.15) is 0 Å². The van der Waals surface area contributed by atoms with Gasteiger partial charge in [-0.1, -0.05) is 30.3 Å². The molecule has 2 aromatic rings. The van der Waals surface area contributed by atoms with E-state index in [0.717, 1.165) is 18.5 Å². The number of carbonyl (C=O) groups excluding carboxylic acids is 2. The molecule has 1 saturated heterocycles. The Morgan fingerprint density at radius 1 is 1.16 bits per heavy atom. The summed E-state index contributed by atoms with van der Waals surface area (Å²) in [4.78, 5) is 24.3. The Morgan fingerprint density at radius 3 is 2.60 bits per heavy atom. The van der Waals surface area contributed by atoms with E-state index in [1.54, 1.807) is 18.2 Å². The van der Waals surface area contributed by atoms with Crippen molar-refractivity contribution in [2.75, 3.05) is 19.0 Å². The van der Waals surface area contributed by atoms with E-state index in [4.69, 9.17) is 4.74 Å². The first-order valence-electron chi connectivity index (χ1n) is 8.38. The quantitative estimate of drug-likeness (QED) is 0.841. The molecule has 3 rings (SSSR count). The van der Waals surface area contributed by atoms with Crippen LogP contribution >= 0.6 is 0 Å². The van der Waals surface area contributed by atoms with Crippen LogP contribution in [0.5, 0.6) is 0 Å². The summed E-state index contributed by atoms with van der Waals surface area (Å²) in [5.74, 6) is -0.279. The Bertz CT molecular complexity index is 774. The minimum atomic E-state index is -0.387. The molecule has 25 heavy (non-hydrogen) atoms. The standard InChI is InChI=1S/C20H22N2O3/c1-13-12-15(20(24)25-2)8-9-17(13)22-19(23)18-16(10-11-21-18)14-6-4-3-5-7-14/h3-9,12,16,18,21H,10-11H2,1-2H3,(H,22,23)/t16-,18-/m0/s1. The second kappa shape index (κ2) is 7.49. The predicted octanol–water partition coefficient (Wildman–Crippen LogP) is 2.87. The van der Waals surface area contributed by atoms with Crippen LogP contribution < -0.4 is 10.6 Å². The van der Waals surface area contributed by atoms with E-state index in [0.29, 0.717) is 11.3 Å². The van der Waals surface area contributed by atoms with Crippen molar-refractivity contribution < 1.29 is 14.3 Å². The Labute approximate surface area is 147 Å². The van der Waals surface area contributed by atoms with E-state index in [1.165, 1.54) is 12.7 Å². The van der Waals surface area contributed by atoms with Crippen molar-refractivity contribution >= 4 is 17.6 Å². The second-order valence-electron chi connectivity index (χ2n) is 6.25. The lowest BCUT2D eigenvalue weighted by Crippen LogP contribution is -2.39. The van der Waals surface area contributed by atoms with Crippen LogP contribution in [0, 0.1) is 6.92 Å². The molecule has 2 aromatic carbocycles. The third kappa shape index (κ3) is 3.72. The first-order valence-corrected chi connectivity index (χ1v) is 8.38. The molecule has 5 heteroatoms. The van der Waals surface area contributed by atoms with Gasteiger partial charge < -0.3 is 15.4 Å². The number of carbonyl (C=O) groups is 2. The van der Waals surface area contributed by atoms with Crippen LogP contribution in [0.15, 0.2) is 48.5 Å². The predicted molar refractivity (Wildman–Crippen MR) is 96.7 cm³/mol. The summed E-state index contributed by atoms with van der Waals surface area (Å²) in [5.41, 5.74) is 3.17. The monoisotopic (exact) mass is 338 g/mol. The lowest BCUT2D eigenvalue weighted by Gasteiger charge is -2.20. The number of aryl methyl sites for hydroxylation is 1. The zero-order valence-electron chi connectivity index (χ0n) is 14.4. The Morgan fingerprint density at radius 2 is 1.92 bits per heavy atom. The molecule has 0 spiro atoms. The number of rotatable bonds is 4. The van der Waals surface area contributed by atoms with Gasteiger partial charge in [0.05, 0.1) is 18.7 Å². The molecule has 1 amide bonds. The van der Waals surface area contributed by atoms with Crippen LogP contribution in [0.1, 0.15) is 33.8 Å². The fraction of sp³-hybridized carbons (Fsp3) is 0.300. The fourth-order valence-corrected chi connectivity index (χ4v) is 3.30. The maximum absolute atomic E-state index is 12.8. The molecule has 2 atom stereocenters. The molecule has 0 saturated carbocycles. The third-order valence-electron chi connectivity index (χ3n) is 4.64. The number of hydrogen-bond donors (Lipinski definition) is 2. The highest BCUT2D eigenvalue weighted by Gasteiger charge is 2.33. The molecule has 2 N–H and O–H groups in total. The van der Waals surface area contributed by atoms with Gasteiger partial charge in [0.2, 0.25) is 5.91 Å². The molecule has 0 aliphatic carbocycles. The smallest absolute Gasteiger partial charge is 0.337 e. The first kappa shape index (κ1) is 17.2. The minimum Gasteiger partial charge on any atom is -0.465 e. The summed E-state index contributed by atoms with van der Waals surface area (Å²) < 4.78 is 4.72. The molecule has 0 bridgehead atoms. The molecule has 1 aliphatic rings. The van der Waals surface area contributed by atoms with Crippen molar-refractivity contribution in [2.45, 2.75) is 25.3 Å². The number of benzene rings is 2. The van der Waals surface area contributed by atoms with Crippen molar-refractivity contribution in [3.05, 3.63) is 65.2 Å². The van der Waals surface area contributed by atoms with Gasteiger partial charge in [-0.05, 0) is 49.2 Å². The highest BCUT2D eigenvalue weighted by molar-refractivity contribution is 5.97. The Kier molecular flexibility index (Phi) is 5.14. The summed E-state index contributed by atoms with van der Waals surface area (Å²) in [6.45, 7) is 2.68.